The zero-order chi connectivity index (χ0) is 8.41. The van der Waals surface area contributed by atoms with Gasteiger partial charge >= 0.3 is 0 Å². The quantitative estimate of drug-likeness (QED) is 0.274. The lowest BCUT2D eigenvalue weighted by molar-refractivity contribution is 1.58. The highest BCUT2D eigenvalue weighted by atomic mass is 32.1. The van der Waals surface area contributed by atoms with Crippen LogP contribution >= 0.6 is 12.2 Å². The first kappa shape index (κ1) is 12.0. The van der Waals surface area contributed by atoms with Gasteiger partial charge in [-0.2, -0.15) is 0 Å². The van der Waals surface area contributed by atoms with Crippen molar-refractivity contribution in [2.45, 2.75) is 20.8 Å². The van der Waals surface area contributed by atoms with Crippen LogP contribution in [0.3, 0.4) is 0 Å². The first-order valence-electron chi connectivity index (χ1n) is 2.99. The van der Waals surface area contributed by atoms with Crippen molar-refractivity contribution < 1.29 is 0 Å². The van der Waals surface area contributed by atoms with Gasteiger partial charge in [0.15, 0.2) is 0 Å². The minimum absolute atomic E-state index is 0.505. The Morgan fingerprint density at radius 2 is 1.80 bits per heavy atom. The Balaban J connectivity index is 0. The molecule has 0 saturated heterocycles. The molecule has 0 radical (unpaired) electrons. The van der Waals surface area contributed by atoms with E-state index >= 15 is 0 Å². The molecular formula is C7H14N2S. The standard InChI is InChI=1S/C4H8.C3H6N2S/c1-3-4-2;1-3(4)5-2-6/h3-4H,1-2H3;2H,1H3,(H2,4,5,6)/b4-3+;. The molecule has 0 aliphatic rings. The number of rotatable bonds is 1. The van der Waals surface area contributed by atoms with Crippen molar-refractivity contribution in [3.8, 4) is 0 Å². The molecule has 3 heteroatoms. The van der Waals surface area contributed by atoms with Crippen molar-refractivity contribution in [1.29, 1.82) is 0 Å². The molecule has 0 heterocycles. The average molecular weight is 158 g/mol. The monoisotopic (exact) mass is 158 g/mol. The third kappa shape index (κ3) is 26.6. The highest BCUT2D eigenvalue weighted by Crippen LogP contribution is 1.58. The molecule has 0 aromatic heterocycles. The van der Waals surface area contributed by atoms with E-state index < -0.39 is 0 Å². The fraction of sp³-hybridized carbons (Fsp3) is 0.429. The molecule has 0 atom stereocenters. The van der Waals surface area contributed by atoms with Gasteiger partial charge < -0.3 is 5.73 Å². The molecule has 0 saturated carbocycles. The fourth-order valence-corrected chi connectivity index (χ4v) is 0.249. The lowest BCUT2D eigenvalue weighted by atomic mass is 10.6. The molecule has 2 N–H and O–H groups in total. The smallest absolute Gasteiger partial charge is 0.0967 e. The number of nitrogens with zero attached hydrogens (tertiary/aromatic N) is 1. The van der Waals surface area contributed by atoms with Crippen molar-refractivity contribution in [2.24, 2.45) is 10.7 Å². The summed E-state index contributed by atoms with van der Waals surface area (Å²) in [6.45, 7) is 5.68. The summed E-state index contributed by atoms with van der Waals surface area (Å²) in [7, 11) is 0. The van der Waals surface area contributed by atoms with Crippen LogP contribution in [0, 0.1) is 0 Å². The summed E-state index contributed by atoms with van der Waals surface area (Å²) in [6.07, 6.45) is 4.00. The van der Waals surface area contributed by atoms with Crippen LogP contribution in [0.15, 0.2) is 17.1 Å². The van der Waals surface area contributed by atoms with E-state index in [1.807, 2.05) is 26.0 Å². The molecule has 10 heavy (non-hydrogen) atoms. The molecule has 0 aliphatic heterocycles. The normalized spacial score (nSPS) is 10.5. The maximum Gasteiger partial charge on any atom is 0.0967 e. The maximum absolute atomic E-state index is 5.06. The first-order chi connectivity index (χ1) is 4.68. The number of thiocarbonyl (C=S) groups is 1. The van der Waals surface area contributed by atoms with Crippen molar-refractivity contribution in [1.82, 2.24) is 0 Å². The molecule has 0 bridgehead atoms. The molecule has 0 unspecified atom stereocenters. The third-order valence-corrected chi connectivity index (χ3v) is 0.695. The molecule has 2 nitrogen and oxygen atoms in total. The Bertz CT molecular complexity index is 120. The van der Waals surface area contributed by atoms with E-state index in [0.29, 0.717) is 5.84 Å². The molecule has 0 rings (SSSR count). The predicted molar refractivity (Wildman–Crippen MR) is 51.4 cm³/mol. The second-order valence-electron chi connectivity index (χ2n) is 1.54. The summed E-state index contributed by atoms with van der Waals surface area (Å²) >= 11 is 4.34. The summed E-state index contributed by atoms with van der Waals surface area (Å²) in [5, 5.41) is 0. The van der Waals surface area contributed by atoms with Crippen LogP contribution in [-0.4, -0.2) is 11.3 Å². The number of nitrogens with two attached hydrogens (primary N) is 1. The van der Waals surface area contributed by atoms with Crippen LogP contribution in [0.1, 0.15) is 20.8 Å². The van der Waals surface area contributed by atoms with E-state index in [-0.39, 0.29) is 0 Å². The van der Waals surface area contributed by atoms with Crippen molar-refractivity contribution in [3.05, 3.63) is 12.2 Å². The minimum Gasteiger partial charge on any atom is -0.387 e. The Kier molecular flexibility index (Phi) is 13.4. The van der Waals surface area contributed by atoms with Gasteiger partial charge in [-0.05, 0) is 20.8 Å². The minimum atomic E-state index is 0.505. The number of allylic oxidation sites excluding steroid dienone is 2. The maximum atomic E-state index is 5.06. The van der Waals surface area contributed by atoms with E-state index in [1.54, 1.807) is 6.92 Å². The second kappa shape index (κ2) is 11.1. The highest BCUT2D eigenvalue weighted by Gasteiger charge is 1.65. The Morgan fingerprint density at radius 3 is 1.80 bits per heavy atom. The summed E-state index contributed by atoms with van der Waals surface area (Å²) in [6, 6.07) is 0. The van der Waals surface area contributed by atoms with Crippen molar-refractivity contribution >= 4 is 23.5 Å². The summed E-state index contributed by atoms with van der Waals surface area (Å²) in [5.41, 5.74) is 6.30. The molecule has 0 fully saturated rings. The molecule has 0 spiro atoms. The van der Waals surface area contributed by atoms with Crippen LogP contribution in [-0.2, 0) is 0 Å². The summed E-state index contributed by atoms with van der Waals surface area (Å²) in [5.74, 6) is 0.505. The molecule has 0 aromatic rings. The zero-order valence-electron chi connectivity index (χ0n) is 6.66. The van der Waals surface area contributed by atoms with Gasteiger partial charge in [-0.25, -0.2) is 4.99 Å². The summed E-state index contributed by atoms with van der Waals surface area (Å²) < 4.78 is 0. The second-order valence-corrected chi connectivity index (χ2v) is 1.75. The summed E-state index contributed by atoms with van der Waals surface area (Å²) in [4.78, 5) is 3.51. The van der Waals surface area contributed by atoms with Crippen LogP contribution in [0.4, 0.5) is 0 Å². The topological polar surface area (TPSA) is 38.4 Å². The van der Waals surface area contributed by atoms with Crippen LogP contribution in [0.2, 0.25) is 0 Å². The van der Waals surface area contributed by atoms with Gasteiger partial charge in [0.2, 0.25) is 0 Å². The molecular weight excluding hydrogens is 144 g/mol. The van der Waals surface area contributed by atoms with Gasteiger partial charge in [-0.15, -0.1) is 0 Å². The van der Waals surface area contributed by atoms with Crippen molar-refractivity contribution in [3.63, 3.8) is 0 Å². The van der Waals surface area contributed by atoms with E-state index in [4.69, 9.17) is 5.73 Å². The van der Waals surface area contributed by atoms with Gasteiger partial charge in [0.1, 0.15) is 0 Å². The van der Waals surface area contributed by atoms with Gasteiger partial charge in [0, 0.05) is 0 Å². The number of aliphatic imine (C=N–C) groups is 1. The van der Waals surface area contributed by atoms with Crippen LogP contribution < -0.4 is 5.73 Å². The number of hydrogen-bond acceptors (Lipinski definition) is 1. The Labute approximate surface area is 67.8 Å². The zero-order valence-corrected chi connectivity index (χ0v) is 7.48. The number of amidine groups is 1. The SMILES string of the molecule is C/C=C/C.CC(N)=NC=S. The van der Waals surface area contributed by atoms with Gasteiger partial charge in [-0.3, -0.25) is 0 Å². The highest BCUT2D eigenvalue weighted by molar-refractivity contribution is 7.78. The fourth-order valence-electron chi connectivity index (χ4n) is 0.0831. The Morgan fingerprint density at radius 1 is 1.40 bits per heavy atom. The largest absolute Gasteiger partial charge is 0.387 e. The van der Waals surface area contributed by atoms with Crippen molar-refractivity contribution in [2.75, 3.05) is 0 Å². The van der Waals surface area contributed by atoms with Crippen LogP contribution in [0.5, 0.6) is 0 Å². The van der Waals surface area contributed by atoms with Gasteiger partial charge in [-0.1, -0.05) is 24.4 Å². The van der Waals surface area contributed by atoms with E-state index in [0.717, 1.165) is 0 Å². The predicted octanol–water partition coefficient (Wildman–Crippen LogP) is 1.90. The third-order valence-electron chi connectivity index (χ3n) is 0.590. The average Bonchev–Trinajstić information content (AvgIpc) is 1.89. The van der Waals surface area contributed by atoms with Crippen LogP contribution in [0.25, 0.3) is 0 Å². The van der Waals surface area contributed by atoms with E-state index in [1.165, 1.54) is 5.49 Å². The lowest BCUT2D eigenvalue weighted by Crippen LogP contribution is -2.04. The molecule has 0 amide bonds. The van der Waals surface area contributed by atoms with Gasteiger partial charge in [0.25, 0.3) is 0 Å². The Hall–Kier alpha value is -0.700. The molecule has 58 valence electrons. The van der Waals surface area contributed by atoms with Gasteiger partial charge in [0.05, 0.1) is 11.3 Å². The molecule has 0 aliphatic carbocycles. The number of hydrogen-bond donors (Lipinski definition) is 1. The lowest BCUT2D eigenvalue weighted by Gasteiger charge is -1.76. The first-order valence-corrected chi connectivity index (χ1v) is 3.47. The molecule has 0 aromatic carbocycles. The van der Waals surface area contributed by atoms with E-state index in [9.17, 15) is 0 Å². The van der Waals surface area contributed by atoms with E-state index in [2.05, 4.69) is 17.2 Å².